The lowest BCUT2D eigenvalue weighted by Gasteiger charge is -2.11. The number of carbonyl (C=O) groups is 1. The molecule has 0 aliphatic rings. The molecule has 23 heavy (non-hydrogen) atoms. The first-order valence-corrected chi connectivity index (χ1v) is 6.88. The molecule has 120 valence electrons. The van der Waals surface area contributed by atoms with Crippen molar-refractivity contribution >= 4 is 12.1 Å². The van der Waals surface area contributed by atoms with Crippen LogP contribution in [0.25, 0.3) is 0 Å². The Hall–Kier alpha value is -3.02. The number of amides is 1. The molecule has 6 nitrogen and oxygen atoms in total. The van der Waals surface area contributed by atoms with E-state index in [4.69, 9.17) is 9.47 Å². The van der Waals surface area contributed by atoms with E-state index in [-0.39, 0.29) is 11.7 Å². The van der Waals surface area contributed by atoms with E-state index in [2.05, 4.69) is 5.10 Å². The number of hydrazone groups is 1. The topological polar surface area (TPSA) is 71.4 Å². The quantitative estimate of drug-likeness (QED) is 0.680. The molecular weight excluding hydrogens is 296 g/mol. The van der Waals surface area contributed by atoms with Crippen LogP contribution in [0.1, 0.15) is 15.9 Å². The van der Waals surface area contributed by atoms with Crippen LogP contribution in [0.15, 0.2) is 47.6 Å². The van der Waals surface area contributed by atoms with Crippen molar-refractivity contribution in [1.82, 2.24) is 5.01 Å². The molecule has 0 aromatic heterocycles. The van der Waals surface area contributed by atoms with Crippen molar-refractivity contribution in [2.75, 3.05) is 21.3 Å². The minimum absolute atomic E-state index is 0.109. The average molecular weight is 314 g/mol. The standard InChI is InChI=1S/C17H18N2O4/c1-19(17(21)13-5-7-14(20)8-6-13)18-11-12-4-9-15(22-2)16(10-12)23-3/h4-11,20H,1-3H3/b18-11+. The van der Waals surface area contributed by atoms with Crippen LogP contribution in [0.2, 0.25) is 0 Å². The van der Waals surface area contributed by atoms with Gasteiger partial charge < -0.3 is 14.6 Å². The molecular formula is C17H18N2O4. The van der Waals surface area contributed by atoms with Crippen LogP contribution in [0.4, 0.5) is 0 Å². The fraction of sp³-hybridized carbons (Fsp3) is 0.176. The zero-order valence-electron chi connectivity index (χ0n) is 13.2. The minimum atomic E-state index is -0.276. The zero-order chi connectivity index (χ0) is 16.8. The molecule has 0 bridgehead atoms. The van der Waals surface area contributed by atoms with E-state index in [0.29, 0.717) is 17.1 Å². The maximum absolute atomic E-state index is 12.2. The van der Waals surface area contributed by atoms with Gasteiger partial charge in [0.1, 0.15) is 5.75 Å². The Labute approximate surface area is 134 Å². The Kier molecular flexibility index (Phi) is 5.19. The molecule has 0 aliphatic heterocycles. The molecule has 0 aliphatic carbocycles. The highest BCUT2D eigenvalue weighted by Gasteiger charge is 2.10. The summed E-state index contributed by atoms with van der Waals surface area (Å²) in [6.07, 6.45) is 1.56. The van der Waals surface area contributed by atoms with E-state index in [1.54, 1.807) is 51.7 Å². The van der Waals surface area contributed by atoms with E-state index in [9.17, 15) is 9.90 Å². The number of benzene rings is 2. The highest BCUT2D eigenvalue weighted by atomic mass is 16.5. The Balaban J connectivity index is 2.12. The van der Waals surface area contributed by atoms with Crippen LogP contribution in [0.5, 0.6) is 17.2 Å². The zero-order valence-corrected chi connectivity index (χ0v) is 13.2. The maximum atomic E-state index is 12.2. The number of phenols is 1. The smallest absolute Gasteiger partial charge is 0.273 e. The predicted molar refractivity (Wildman–Crippen MR) is 87.3 cm³/mol. The lowest BCUT2D eigenvalue weighted by Crippen LogP contribution is -2.21. The van der Waals surface area contributed by atoms with Gasteiger partial charge in [-0.25, -0.2) is 5.01 Å². The van der Waals surface area contributed by atoms with Gasteiger partial charge in [-0.2, -0.15) is 5.10 Å². The lowest BCUT2D eigenvalue weighted by atomic mass is 10.2. The number of methoxy groups -OCH3 is 2. The summed E-state index contributed by atoms with van der Waals surface area (Å²) in [7, 11) is 4.68. The van der Waals surface area contributed by atoms with Crippen LogP contribution < -0.4 is 9.47 Å². The molecule has 0 unspecified atom stereocenters. The molecule has 0 spiro atoms. The minimum Gasteiger partial charge on any atom is -0.508 e. The van der Waals surface area contributed by atoms with Gasteiger partial charge in [-0.1, -0.05) is 0 Å². The van der Waals surface area contributed by atoms with Gasteiger partial charge in [0.15, 0.2) is 11.5 Å². The third-order valence-corrected chi connectivity index (χ3v) is 3.20. The number of hydrogen-bond donors (Lipinski definition) is 1. The fourth-order valence-corrected chi connectivity index (χ4v) is 1.93. The van der Waals surface area contributed by atoms with Crippen LogP contribution in [-0.4, -0.2) is 43.5 Å². The third kappa shape index (κ3) is 4.00. The fourth-order valence-electron chi connectivity index (χ4n) is 1.93. The monoisotopic (exact) mass is 314 g/mol. The molecule has 6 heteroatoms. The van der Waals surface area contributed by atoms with Crippen LogP contribution >= 0.6 is 0 Å². The summed E-state index contributed by atoms with van der Waals surface area (Å²) >= 11 is 0. The largest absolute Gasteiger partial charge is 0.508 e. The maximum Gasteiger partial charge on any atom is 0.273 e. The number of carbonyl (C=O) groups excluding carboxylic acids is 1. The van der Waals surface area contributed by atoms with Crippen LogP contribution in [0.3, 0.4) is 0 Å². The summed E-state index contributed by atoms with van der Waals surface area (Å²) in [5.74, 6) is 1.04. The first-order valence-electron chi connectivity index (χ1n) is 6.88. The first kappa shape index (κ1) is 16.4. The summed E-state index contributed by atoms with van der Waals surface area (Å²) in [4.78, 5) is 12.2. The van der Waals surface area contributed by atoms with Crippen molar-refractivity contribution in [3.05, 3.63) is 53.6 Å². The van der Waals surface area contributed by atoms with Crippen molar-refractivity contribution in [2.24, 2.45) is 5.10 Å². The van der Waals surface area contributed by atoms with Crippen molar-refractivity contribution in [1.29, 1.82) is 0 Å². The summed E-state index contributed by atoms with van der Waals surface area (Å²) < 4.78 is 10.4. The lowest BCUT2D eigenvalue weighted by molar-refractivity contribution is 0.0800. The Morgan fingerprint density at radius 3 is 2.35 bits per heavy atom. The molecule has 1 N–H and O–H groups in total. The predicted octanol–water partition coefficient (Wildman–Crippen LogP) is 2.52. The Morgan fingerprint density at radius 1 is 1.09 bits per heavy atom. The molecule has 2 aromatic carbocycles. The summed E-state index contributed by atoms with van der Waals surface area (Å²) in [5, 5.41) is 14.6. The van der Waals surface area contributed by atoms with E-state index in [0.717, 1.165) is 5.56 Å². The average Bonchev–Trinajstić information content (AvgIpc) is 2.59. The Morgan fingerprint density at radius 2 is 1.74 bits per heavy atom. The van der Waals surface area contributed by atoms with Gasteiger partial charge in [-0.3, -0.25) is 4.79 Å². The second-order valence-electron chi connectivity index (χ2n) is 4.73. The van der Waals surface area contributed by atoms with E-state index >= 15 is 0 Å². The summed E-state index contributed by atoms with van der Waals surface area (Å²) in [6, 6.07) is 11.3. The highest BCUT2D eigenvalue weighted by Crippen LogP contribution is 2.26. The Bertz CT molecular complexity index is 711. The normalized spacial score (nSPS) is 10.6. The number of phenolic OH excluding ortho intramolecular Hbond substituents is 1. The molecule has 0 heterocycles. The number of aromatic hydroxyl groups is 1. The highest BCUT2D eigenvalue weighted by molar-refractivity contribution is 5.94. The molecule has 2 rings (SSSR count). The third-order valence-electron chi connectivity index (χ3n) is 3.20. The van der Waals surface area contributed by atoms with Gasteiger partial charge in [0, 0.05) is 12.6 Å². The van der Waals surface area contributed by atoms with E-state index < -0.39 is 0 Å². The molecule has 1 amide bonds. The number of ether oxygens (including phenoxy) is 2. The van der Waals surface area contributed by atoms with Crippen LogP contribution in [0, 0.1) is 0 Å². The van der Waals surface area contributed by atoms with Crippen molar-refractivity contribution in [2.45, 2.75) is 0 Å². The van der Waals surface area contributed by atoms with Crippen LogP contribution in [-0.2, 0) is 0 Å². The number of nitrogens with zero attached hydrogens (tertiary/aromatic N) is 2. The number of rotatable bonds is 5. The van der Waals surface area contributed by atoms with Crippen molar-refractivity contribution in [3.63, 3.8) is 0 Å². The van der Waals surface area contributed by atoms with Gasteiger partial charge in [0.05, 0.1) is 20.4 Å². The second-order valence-corrected chi connectivity index (χ2v) is 4.73. The molecule has 0 saturated heterocycles. The van der Waals surface area contributed by atoms with E-state index in [1.165, 1.54) is 17.1 Å². The first-order chi connectivity index (χ1) is 11.0. The molecule has 2 aromatic rings. The summed E-state index contributed by atoms with van der Waals surface area (Å²) in [6.45, 7) is 0. The van der Waals surface area contributed by atoms with Gasteiger partial charge in [0.2, 0.25) is 0 Å². The molecule has 0 saturated carbocycles. The molecule has 0 atom stereocenters. The molecule has 0 fully saturated rings. The van der Waals surface area contributed by atoms with Gasteiger partial charge in [-0.15, -0.1) is 0 Å². The SMILES string of the molecule is COc1ccc(/C=N/N(C)C(=O)c2ccc(O)cc2)cc1OC. The van der Waals surface area contributed by atoms with Crippen molar-refractivity contribution < 1.29 is 19.4 Å². The molecule has 0 radical (unpaired) electrons. The number of hydrogen-bond acceptors (Lipinski definition) is 5. The van der Waals surface area contributed by atoms with Gasteiger partial charge >= 0.3 is 0 Å². The van der Waals surface area contributed by atoms with Gasteiger partial charge in [0.25, 0.3) is 5.91 Å². The van der Waals surface area contributed by atoms with Gasteiger partial charge in [-0.05, 0) is 48.0 Å². The van der Waals surface area contributed by atoms with Crippen molar-refractivity contribution in [3.8, 4) is 17.2 Å². The second kappa shape index (κ2) is 7.31. The van der Waals surface area contributed by atoms with E-state index in [1.807, 2.05) is 6.07 Å². The summed E-state index contributed by atoms with van der Waals surface area (Å²) in [5.41, 5.74) is 1.21.